The Labute approximate surface area is 111 Å². The molecule has 6 nitrogen and oxygen atoms in total. The van der Waals surface area contributed by atoms with Crippen molar-refractivity contribution in [3.05, 3.63) is 30.1 Å². The molecule has 0 radical (unpaired) electrons. The molecule has 0 spiro atoms. The van der Waals surface area contributed by atoms with Crippen molar-refractivity contribution < 1.29 is 9.47 Å². The first kappa shape index (κ1) is 13.1. The normalized spacial score (nSPS) is 10.1. The summed E-state index contributed by atoms with van der Waals surface area (Å²) in [7, 11) is 3.11. The van der Waals surface area contributed by atoms with E-state index in [2.05, 4.69) is 27.2 Å². The van der Waals surface area contributed by atoms with Crippen molar-refractivity contribution in [1.82, 2.24) is 15.0 Å². The smallest absolute Gasteiger partial charge is 0.240 e. The standard InChI is InChI=1S/C13H16N4O2/c1-4-9-7-14-13(15-8-9)16-10-5-6-11(18-2)17-12(10)19-3/h5-8H,4H2,1-3H3,(H,14,15,16). The van der Waals surface area contributed by atoms with E-state index in [1.54, 1.807) is 32.7 Å². The molecule has 2 aromatic rings. The molecule has 0 bridgehead atoms. The largest absolute Gasteiger partial charge is 0.481 e. The van der Waals surface area contributed by atoms with Crippen LogP contribution in [0.2, 0.25) is 0 Å². The number of nitrogens with one attached hydrogen (secondary N) is 1. The number of aromatic nitrogens is 3. The molecule has 2 rings (SSSR count). The van der Waals surface area contributed by atoms with E-state index in [1.165, 1.54) is 0 Å². The first-order valence-electron chi connectivity index (χ1n) is 5.93. The van der Waals surface area contributed by atoms with Crippen molar-refractivity contribution in [2.45, 2.75) is 13.3 Å². The van der Waals surface area contributed by atoms with Crippen LogP contribution in [0.25, 0.3) is 0 Å². The number of pyridine rings is 1. The van der Waals surface area contributed by atoms with Crippen LogP contribution < -0.4 is 14.8 Å². The second-order valence-electron chi connectivity index (χ2n) is 3.80. The number of ether oxygens (including phenoxy) is 2. The molecule has 0 aliphatic carbocycles. The van der Waals surface area contributed by atoms with Crippen molar-refractivity contribution in [1.29, 1.82) is 0 Å². The lowest BCUT2D eigenvalue weighted by atomic mass is 10.3. The molecule has 0 saturated heterocycles. The number of aryl methyl sites for hydroxylation is 1. The molecule has 0 aliphatic rings. The van der Waals surface area contributed by atoms with Gasteiger partial charge in [-0.15, -0.1) is 0 Å². The summed E-state index contributed by atoms with van der Waals surface area (Å²) in [6.45, 7) is 2.06. The number of anilines is 2. The molecule has 0 saturated carbocycles. The Kier molecular flexibility index (Phi) is 4.12. The number of nitrogens with zero attached hydrogens (tertiary/aromatic N) is 3. The second-order valence-corrected chi connectivity index (χ2v) is 3.80. The molecule has 2 heterocycles. The van der Waals surface area contributed by atoms with Crippen LogP contribution in [0, 0.1) is 0 Å². The van der Waals surface area contributed by atoms with Crippen molar-refractivity contribution in [3.63, 3.8) is 0 Å². The van der Waals surface area contributed by atoms with Crippen molar-refractivity contribution in [2.24, 2.45) is 0 Å². The predicted molar refractivity (Wildman–Crippen MR) is 72.0 cm³/mol. The SMILES string of the molecule is CCc1cnc(Nc2ccc(OC)nc2OC)nc1. The van der Waals surface area contributed by atoms with Gasteiger partial charge in [0.2, 0.25) is 17.7 Å². The van der Waals surface area contributed by atoms with E-state index < -0.39 is 0 Å². The zero-order chi connectivity index (χ0) is 13.7. The van der Waals surface area contributed by atoms with Gasteiger partial charge >= 0.3 is 0 Å². The monoisotopic (exact) mass is 260 g/mol. The Hall–Kier alpha value is -2.37. The van der Waals surface area contributed by atoms with Crippen molar-refractivity contribution in [2.75, 3.05) is 19.5 Å². The molecular formula is C13H16N4O2. The summed E-state index contributed by atoms with van der Waals surface area (Å²) in [6, 6.07) is 3.55. The maximum absolute atomic E-state index is 5.20. The van der Waals surface area contributed by atoms with Crippen LogP contribution in [-0.2, 0) is 6.42 Å². The third-order valence-electron chi connectivity index (χ3n) is 2.60. The fraction of sp³-hybridized carbons (Fsp3) is 0.308. The van der Waals surface area contributed by atoms with Crippen molar-refractivity contribution >= 4 is 11.6 Å². The van der Waals surface area contributed by atoms with Gasteiger partial charge in [0.25, 0.3) is 0 Å². The first-order chi connectivity index (χ1) is 9.26. The van der Waals surface area contributed by atoms with Gasteiger partial charge in [-0.25, -0.2) is 9.97 Å². The molecule has 100 valence electrons. The van der Waals surface area contributed by atoms with Crippen LogP contribution in [0.1, 0.15) is 12.5 Å². The molecule has 1 N–H and O–H groups in total. The molecule has 0 fully saturated rings. The summed E-state index contributed by atoms with van der Waals surface area (Å²) in [6.07, 6.45) is 4.49. The van der Waals surface area contributed by atoms with Crippen LogP contribution in [-0.4, -0.2) is 29.2 Å². The number of hydrogen-bond donors (Lipinski definition) is 1. The first-order valence-corrected chi connectivity index (χ1v) is 5.93. The third-order valence-corrected chi connectivity index (χ3v) is 2.60. The molecular weight excluding hydrogens is 244 g/mol. The van der Waals surface area contributed by atoms with E-state index in [0.29, 0.717) is 23.4 Å². The molecule has 0 atom stereocenters. The fourth-order valence-corrected chi connectivity index (χ4v) is 1.51. The van der Waals surface area contributed by atoms with Crippen LogP contribution in [0.3, 0.4) is 0 Å². The Morgan fingerprint density at radius 2 is 1.84 bits per heavy atom. The van der Waals surface area contributed by atoms with Crippen LogP contribution in [0.4, 0.5) is 11.6 Å². The molecule has 0 aromatic carbocycles. The van der Waals surface area contributed by atoms with Gasteiger partial charge in [0.1, 0.15) is 5.69 Å². The second kappa shape index (κ2) is 5.99. The van der Waals surface area contributed by atoms with Gasteiger partial charge in [-0.05, 0) is 18.1 Å². The fourth-order valence-electron chi connectivity index (χ4n) is 1.51. The Morgan fingerprint density at radius 1 is 1.11 bits per heavy atom. The minimum absolute atomic E-state index is 0.433. The Morgan fingerprint density at radius 3 is 2.42 bits per heavy atom. The van der Waals surface area contributed by atoms with E-state index in [4.69, 9.17) is 9.47 Å². The molecule has 19 heavy (non-hydrogen) atoms. The summed E-state index contributed by atoms with van der Waals surface area (Å²) in [5, 5.41) is 3.06. The lowest BCUT2D eigenvalue weighted by molar-refractivity contribution is 0.366. The van der Waals surface area contributed by atoms with E-state index >= 15 is 0 Å². The van der Waals surface area contributed by atoms with Crippen LogP contribution in [0.15, 0.2) is 24.5 Å². The molecule has 2 aromatic heterocycles. The lowest BCUT2D eigenvalue weighted by Crippen LogP contribution is -2.01. The Balaban J connectivity index is 2.21. The van der Waals surface area contributed by atoms with Crippen LogP contribution in [0.5, 0.6) is 11.8 Å². The molecule has 6 heteroatoms. The lowest BCUT2D eigenvalue weighted by Gasteiger charge is -2.10. The van der Waals surface area contributed by atoms with Crippen LogP contribution >= 0.6 is 0 Å². The number of methoxy groups -OCH3 is 2. The van der Waals surface area contributed by atoms with Crippen molar-refractivity contribution in [3.8, 4) is 11.8 Å². The van der Waals surface area contributed by atoms with Gasteiger partial charge in [-0.1, -0.05) is 6.92 Å². The van der Waals surface area contributed by atoms with E-state index in [0.717, 1.165) is 12.0 Å². The topological polar surface area (TPSA) is 69.2 Å². The summed E-state index contributed by atoms with van der Waals surface area (Å²) in [5.74, 6) is 1.43. The summed E-state index contributed by atoms with van der Waals surface area (Å²) >= 11 is 0. The minimum Gasteiger partial charge on any atom is -0.481 e. The third kappa shape index (κ3) is 3.09. The van der Waals surface area contributed by atoms with Gasteiger partial charge in [-0.3, -0.25) is 0 Å². The minimum atomic E-state index is 0.433. The molecule has 0 aliphatic heterocycles. The average Bonchev–Trinajstić information content (AvgIpc) is 2.48. The van der Waals surface area contributed by atoms with E-state index in [-0.39, 0.29) is 0 Å². The predicted octanol–water partition coefficient (Wildman–Crippen LogP) is 2.19. The van der Waals surface area contributed by atoms with E-state index in [9.17, 15) is 0 Å². The summed E-state index contributed by atoms with van der Waals surface area (Å²) in [5.41, 5.74) is 1.78. The zero-order valence-corrected chi connectivity index (χ0v) is 11.2. The summed E-state index contributed by atoms with van der Waals surface area (Å²) in [4.78, 5) is 12.6. The highest BCUT2D eigenvalue weighted by molar-refractivity contribution is 5.60. The van der Waals surface area contributed by atoms with E-state index in [1.807, 2.05) is 6.07 Å². The zero-order valence-electron chi connectivity index (χ0n) is 11.2. The Bertz CT molecular complexity index is 543. The van der Waals surface area contributed by atoms with Gasteiger partial charge in [0.15, 0.2) is 0 Å². The van der Waals surface area contributed by atoms with Gasteiger partial charge < -0.3 is 14.8 Å². The summed E-state index contributed by atoms with van der Waals surface area (Å²) < 4.78 is 10.2. The number of rotatable bonds is 5. The number of hydrogen-bond acceptors (Lipinski definition) is 6. The maximum atomic E-state index is 5.20. The average molecular weight is 260 g/mol. The highest BCUT2D eigenvalue weighted by Crippen LogP contribution is 2.26. The highest BCUT2D eigenvalue weighted by Gasteiger charge is 2.08. The van der Waals surface area contributed by atoms with Gasteiger partial charge in [-0.2, -0.15) is 4.98 Å². The quantitative estimate of drug-likeness (QED) is 0.888. The maximum Gasteiger partial charge on any atom is 0.240 e. The molecule has 0 amide bonds. The van der Waals surface area contributed by atoms with Gasteiger partial charge in [0, 0.05) is 18.5 Å². The molecule has 0 unspecified atom stereocenters. The highest BCUT2D eigenvalue weighted by atomic mass is 16.5. The van der Waals surface area contributed by atoms with Gasteiger partial charge in [0.05, 0.1) is 14.2 Å².